The Labute approximate surface area is 194 Å². The molecule has 3 nitrogen and oxygen atoms in total. The van der Waals surface area contributed by atoms with Gasteiger partial charge in [-0.05, 0) is 37.4 Å². The SMILES string of the molecule is O=C(NCCC[Si](Cl)(Cl)Cl)N(CCC[Si](Cl)(Cl)Cl)CCC[Si](Cl)(Cl)Cl. The lowest BCUT2D eigenvalue weighted by Gasteiger charge is -2.24. The molecular weight excluding hydrogens is 567 g/mol. The maximum Gasteiger partial charge on any atom is 0.341 e. The van der Waals surface area contributed by atoms with Gasteiger partial charge in [-0.25, -0.2) is 4.79 Å². The van der Waals surface area contributed by atoms with E-state index in [-0.39, 0.29) is 6.03 Å². The van der Waals surface area contributed by atoms with Crippen molar-refractivity contribution < 1.29 is 4.79 Å². The molecule has 0 heterocycles. The summed E-state index contributed by atoms with van der Waals surface area (Å²) in [7, 11) is 0. The summed E-state index contributed by atoms with van der Waals surface area (Å²) in [6, 6.07) is -6.88. The standard InChI is InChI=1S/C10H19Cl9N2OSi3/c11-23(12,13)7-1-4-20-10(22)21(5-2-8-24(14,15)16)6-3-9-25(17,18)19/h1-9H2,(H,20,22). The highest BCUT2D eigenvalue weighted by Gasteiger charge is 2.27. The van der Waals surface area contributed by atoms with Gasteiger partial charge in [-0.3, -0.25) is 0 Å². The van der Waals surface area contributed by atoms with Crippen LogP contribution in [0, 0.1) is 0 Å². The van der Waals surface area contributed by atoms with Gasteiger partial charge in [-0.2, -0.15) is 0 Å². The van der Waals surface area contributed by atoms with Gasteiger partial charge in [0.2, 0.25) is 0 Å². The maximum absolute atomic E-state index is 12.3. The molecular formula is C10H19Cl9N2OSi3. The molecule has 15 heteroatoms. The summed E-state index contributed by atoms with van der Waals surface area (Å²) in [5.41, 5.74) is 0. The van der Waals surface area contributed by atoms with Gasteiger partial charge >= 0.3 is 24.0 Å². The number of nitrogens with one attached hydrogen (secondary N) is 1. The van der Waals surface area contributed by atoms with Crippen LogP contribution >= 0.6 is 99.7 Å². The van der Waals surface area contributed by atoms with Crippen molar-refractivity contribution in [3.63, 3.8) is 0 Å². The summed E-state index contributed by atoms with van der Waals surface area (Å²) in [5.74, 6) is 0. The first-order chi connectivity index (χ1) is 11.2. The van der Waals surface area contributed by atoms with Crippen LogP contribution in [-0.2, 0) is 0 Å². The number of carbonyl (C=O) groups is 1. The topological polar surface area (TPSA) is 32.3 Å². The predicted octanol–water partition coefficient (Wildman–Crippen LogP) is 7.13. The Morgan fingerprint density at radius 2 is 1.04 bits per heavy atom. The van der Waals surface area contributed by atoms with Gasteiger partial charge in [0, 0.05) is 19.6 Å². The second-order valence-corrected chi connectivity index (χ2v) is 33.2. The van der Waals surface area contributed by atoms with Gasteiger partial charge in [0.1, 0.15) is 0 Å². The normalized spacial score (nSPS) is 13.0. The zero-order chi connectivity index (χ0) is 19.7. The number of carbonyl (C=O) groups excluding carboxylic acids is 1. The van der Waals surface area contributed by atoms with Crippen LogP contribution in [0.3, 0.4) is 0 Å². The van der Waals surface area contributed by atoms with E-state index in [2.05, 4.69) is 5.32 Å². The van der Waals surface area contributed by atoms with E-state index in [4.69, 9.17) is 99.7 Å². The Morgan fingerprint density at radius 1 is 0.680 bits per heavy atom. The minimum atomic E-state index is -2.71. The number of urea groups is 1. The fourth-order valence-electron chi connectivity index (χ4n) is 1.85. The van der Waals surface area contributed by atoms with Crippen molar-refractivity contribution in [2.75, 3.05) is 19.6 Å². The van der Waals surface area contributed by atoms with Crippen molar-refractivity contribution in [3.8, 4) is 0 Å². The quantitative estimate of drug-likeness (QED) is 0.147. The molecule has 25 heavy (non-hydrogen) atoms. The van der Waals surface area contributed by atoms with Gasteiger partial charge < -0.3 is 10.2 Å². The molecule has 0 radical (unpaired) electrons. The largest absolute Gasteiger partial charge is 0.341 e. The zero-order valence-electron chi connectivity index (χ0n) is 13.1. The Balaban J connectivity index is 4.40. The molecule has 0 aromatic rings. The molecule has 0 unspecified atom stereocenters. The van der Waals surface area contributed by atoms with Gasteiger partial charge in [0.25, 0.3) is 0 Å². The summed E-state index contributed by atoms with van der Waals surface area (Å²) in [6.07, 6.45) is 1.80. The second-order valence-electron chi connectivity index (χ2n) is 5.38. The highest BCUT2D eigenvalue weighted by Crippen LogP contribution is 2.28. The first-order valence-electron chi connectivity index (χ1n) is 7.43. The molecule has 0 atom stereocenters. The van der Waals surface area contributed by atoms with Gasteiger partial charge in [0.05, 0.1) is 0 Å². The minimum absolute atomic E-state index is 0.219. The Kier molecular flexibility index (Phi) is 14.3. The van der Waals surface area contributed by atoms with E-state index in [1.54, 1.807) is 4.90 Å². The molecule has 0 fully saturated rings. The number of hydrogen-bond donors (Lipinski definition) is 1. The van der Waals surface area contributed by atoms with Crippen molar-refractivity contribution in [1.82, 2.24) is 10.2 Å². The van der Waals surface area contributed by atoms with Gasteiger partial charge in [0.15, 0.2) is 0 Å². The Morgan fingerprint density at radius 3 is 1.40 bits per heavy atom. The van der Waals surface area contributed by atoms with E-state index in [1.165, 1.54) is 0 Å². The highest BCUT2D eigenvalue weighted by atomic mass is 35.9. The van der Waals surface area contributed by atoms with E-state index >= 15 is 0 Å². The molecule has 0 aromatic carbocycles. The van der Waals surface area contributed by atoms with Crippen molar-refractivity contribution in [3.05, 3.63) is 0 Å². The van der Waals surface area contributed by atoms with Crippen molar-refractivity contribution >= 4 is 124 Å². The van der Waals surface area contributed by atoms with E-state index in [1.807, 2.05) is 0 Å². The van der Waals surface area contributed by atoms with Gasteiger partial charge in [-0.1, -0.05) is 0 Å². The number of rotatable bonds is 12. The molecule has 150 valence electrons. The lowest BCUT2D eigenvalue weighted by atomic mass is 10.3. The molecule has 0 saturated heterocycles. The number of halogens is 9. The van der Waals surface area contributed by atoms with Crippen LogP contribution < -0.4 is 5.32 Å². The second kappa shape index (κ2) is 13.0. The molecule has 0 aliphatic heterocycles. The highest BCUT2D eigenvalue weighted by molar-refractivity contribution is 7.65. The van der Waals surface area contributed by atoms with Crippen LogP contribution in [0.2, 0.25) is 18.1 Å². The van der Waals surface area contributed by atoms with Crippen molar-refractivity contribution in [1.29, 1.82) is 0 Å². The minimum Gasteiger partial charge on any atom is -0.338 e. The molecule has 0 rings (SSSR count). The number of nitrogens with zero attached hydrogens (tertiary/aromatic N) is 1. The number of amides is 2. The monoisotopic (exact) mass is 582 g/mol. The average molecular weight is 587 g/mol. The molecule has 0 bridgehead atoms. The Hall–Kier alpha value is 2.53. The van der Waals surface area contributed by atoms with Gasteiger partial charge in [-0.15, -0.1) is 99.7 Å². The van der Waals surface area contributed by atoms with Crippen molar-refractivity contribution in [2.45, 2.75) is 37.4 Å². The van der Waals surface area contributed by atoms with Crippen LogP contribution in [0.5, 0.6) is 0 Å². The van der Waals surface area contributed by atoms with Crippen LogP contribution in [0.25, 0.3) is 0 Å². The first kappa shape index (κ1) is 27.5. The fourth-order valence-corrected chi connectivity index (χ4v) is 7.16. The zero-order valence-corrected chi connectivity index (χ0v) is 22.9. The Bertz CT molecular complexity index is 381. The molecule has 0 aromatic heterocycles. The first-order valence-corrected chi connectivity index (χ1v) is 23.2. The molecule has 1 N–H and O–H groups in total. The third kappa shape index (κ3) is 19.6. The van der Waals surface area contributed by atoms with E-state index < -0.39 is 18.0 Å². The van der Waals surface area contributed by atoms with E-state index in [9.17, 15) is 4.79 Å². The molecule has 0 aliphatic carbocycles. The van der Waals surface area contributed by atoms with Crippen molar-refractivity contribution in [2.24, 2.45) is 0 Å². The summed E-state index contributed by atoms with van der Waals surface area (Å²) < 4.78 is 0. The molecule has 0 spiro atoms. The predicted molar refractivity (Wildman–Crippen MR) is 123 cm³/mol. The van der Waals surface area contributed by atoms with Crippen LogP contribution in [0.4, 0.5) is 4.79 Å². The number of hydrogen-bond acceptors (Lipinski definition) is 1. The molecule has 2 amide bonds. The maximum atomic E-state index is 12.3. The smallest absolute Gasteiger partial charge is 0.338 e. The lowest BCUT2D eigenvalue weighted by molar-refractivity contribution is 0.198. The summed E-state index contributed by atoms with van der Waals surface area (Å²) in [5, 5.41) is 2.81. The van der Waals surface area contributed by atoms with Crippen LogP contribution in [-0.4, -0.2) is 48.6 Å². The summed E-state index contributed by atoms with van der Waals surface area (Å²) >= 11 is 52.7. The third-order valence-electron chi connectivity index (χ3n) is 2.98. The van der Waals surface area contributed by atoms with Crippen LogP contribution in [0.1, 0.15) is 19.3 Å². The van der Waals surface area contributed by atoms with E-state index in [0.29, 0.717) is 57.0 Å². The average Bonchev–Trinajstić information content (AvgIpc) is 2.38. The lowest BCUT2D eigenvalue weighted by Crippen LogP contribution is -2.42. The molecule has 0 saturated carbocycles. The van der Waals surface area contributed by atoms with E-state index in [0.717, 1.165) is 0 Å². The van der Waals surface area contributed by atoms with Crippen LogP contribution in [0.15, 0.2) is 0 Å². The summed E-state index contributed by atoms with van der Waals surface area (Å²) in [4.78, 5) is 14.0. The molecule has 0 aliphatic rings. The summed E-state index contributed by atoms with van der Waals surface area (Å²) in [6.45, 7) is 1.36. The third-order valence-corrected chi connectivity index (χ3v) is 10.8. The fraction of sp³-hybridized carbons (Fsp3) is 0.900.